The highest BCUT2D eigenvalue weighted by molar-refractivity contribution is 7.91. The van der Waals surface area contributed by atoms with Gasteiger partial charge in [0.25, 0.3) is 0 Å². The zero-order valence-electron chi connectivity index (χ0n) is 16.3. The molecule has 1 aromatic carbocycles. The van der Waals surface area contributed by atoms with Crippen molar-refractivity contribution in [2.45, 2.75) is 24.2 Å². The second-order valence-corrected chi connectivity index (χ2v) is 8.55. The van der Waals surface area contributed by atoms with Crippen LogP contribution in [0.25, 0.3) is 5.70 Å². The Bertz CT molecular complexity index is 1090. The van der Waals surface area contributed by atoms with E-state index in [4.69, 9.17) is 0 Å². The second kappa shape index (κ2) is 8.69. The zero-order valence-corrected chi connectivity index (χ0v) is 17.1. The Morgan fingerprint density at radius 1 is 1.10 bits per heavy atom. The molecule has 0 amide bonds. The summed E-state index contributed by atoms with van der Waals surface area (Å²) in [5.74, 6) is -0.484. The minimum atomic E-state index is -4.81. The summed E-state index contributed by atoms with van der Waals surface area (Å²) in [4.78, 5) is 7.94. The fourth-order valence-electron chi connectivity index (χ4n) is 2.50. The Labute approximate surface area is 174 Å². The topological polar surface area (TPSA) is 62.6 Å². The molecule has 31 heavy (non-hydrogen) atoms. The molecule has 0 N–H and O–H groups in total. The standard InChI is InChI=1S/C19H17F6N3O2S/c1-4-31(29,30)16-9-13(19(23,24)25)10-27-17(16)15(26-2)11-28(3)14-7-5-12(6-8-14)18(20,21)22/h5-11H,2,4H2,1,3H3/b15-11-. The molecule has 1 heterocycles. The Balaban J connectivity index is 2.56. The normalized spacial score (nSPS) is 13.2. The number of rotatable bonds is 6. The number of sulfone groups is 1. The molecule has 5 nitrogen and oxygen atoms in total. The number of nitrogens with zero attached hydrogens (tertiary/aromatic N) is 3. The maximum Gasteiger partial charge on any atom is 0.417 e. The van der Waals surface area contributed by atoms with Crippen molar-refractivity contribution < 1.29 is 34.8 Å². The van der Waals surface area contributed by atoms with Gasteiger partial charge in [-0.05, 0) is 37.0 Å². The molecule has 0 fully saturated rings. The largest absolute Gasteiger partial charge is 0.417 e. The van der Waals surface area contributed by atoms with Gasteiger partial charge in [0.05, 0.1) is 21.8 Å². The van der Waals surface area contributed by atoms with E-state index in [1.807, 2.05) is 0 Å². The SMILES string of the molecule is C=N/C(=C\N(C)c1ccc(C(F)(F)F)cc1)c1ncc(C(F)(F)F)cc1S(=O)(=O)CC. The molecule has 168 valence electrons. The predicted octanol–water partition coefficient (Wildman–Crippen LogP) is 5.05. The van der Waals surface area contributed by atoms with Crippen LogP contribution >= 0.6 is 0 Å². The lowest BCUT2D eigenvalue weighted by Gasteiger charge is -2.18. The first-order valence-electron chi connectivity index (χ1n) is 8.59. The first-order chi connectivity index (χ1) is 14.2. The second-order valence-electron chi connectivity index (χ2n) is 6.30. The van der Waals surface area contributed by atoms with Crippen molar-refractivity contribution >= 4 is 27.9 Å². The number of hydrogen-bond acceptors (Lipinski definition) is 5. The number of benzene rings is 1. The highest BCUT2D eigenvalue weighted by Gasteiger charge is 2.34. The number of anilines is 1. The van der Waals surface area contributed by atoms with Crippen LogP contribution in [0.4, 0.5) is 32.0 Å². The minimum absolute atomic E-state index is 0.178. The van der Waals surface area contributed by atoms with E-state index in [2.05, 4.69) is 16.7 Å². The van der Waals surface area contributed by atoms with E-state index in [1.54, 1.807) is 0 Å². The van der Waals surface area contributed by atoms with Crippen LogP contribution in [0, 0.1) is 0 Å². The minimum Gasteiger partial charge on any atom is -0.349 e. The molecule has 0 aliphatic rings. The number of halogens is 6. The van der Waals surface area contributed by atoms with E-state index in [1.165, 1.54) is 37.2 Å². The van der Waals surface area contributed by atoms with Gasteiger partial charge < -0.3 is 4.90 Å². The molecule has 0 aliphatic heterocycles. The molecule has 2 rings (SSSR count). The van der Waals surface area contributed by atoms with Crippen LogP contribution in [0.1, 0.15) is 23.7 Å². The summed E-state index contributed by atoms with van der Waals surface area (Å²) < 4.78 is 102. The summed E-state index contributed by atoms with van der Waals surface area (Å²) >= 11 is 0. The maximum atomic E-state index is 13.0. The quantitative estimate of drug-likeness (QED) is 0.443. The molecule has 1 aromatic heterocycles. The van der Waals surface area contributed by atoms with Crippen LogP contribution in [0.2, 0.25) is 0 Å². The molecule has 2 aromatic rings. The summed E-state index contributed by atoms with van der Waals surface area (Å²) in [6, 6.07) is 4.51. The third-order valence-corrected chi connectivity index (χ3v) is 5.97. The van der Waals surface area contributed by atoms with Crippen molar-refractivity contribution in [3.63, 3.8) is 0 Å². The monoisotopic (exact) mass is 465 g/mol. The van der Waals surface area contributed by atoms with Gasteiger partial charge in [0.1, 0.15) is 11.4 Å². The highest BCUT2D eigenvalue weighted by Crippen LogP contribution is 2.34. The third kappa shape index (κ3) is 5.63. The summed E-state index contributed by atoms with van der Waals surface area (Å²) in [5.41, 5.74) is -2.37. The van der Waals surface area contributed by atoms with E-state index in [0.29, 0.717) is 12.3 Å². The van der Waals surface area contributed by atoms with Crippen LogP contribution in [-0.2, 0) is 22.2 Å². The first-order valence-corrected chi connectivity index (χ1v) is 10.2. The average molecular weight is 465 g/mol. The van der Waals surface area contributed by atoms with Crippen LogP contribution in [-0.4, -0.2) is 32.9 Å². The maximum absolute atomic E-state index is 13.0. The molecule has 0 saturated heterocycles. The number of aliphatic imine (C=N–C) groups is 1. The summed E-state index contributed by atoms with van der Waals surface area (Å²) in [7, 11) is -2.69. The van der Waals surface area contributed by atoms with Crippen molar-refractivity contribution in [2.24, 2.45) is 4.99 Å². The Hall–Kier alpha value is -2.89. The van der Waals surface area contributed by atoms with Crippen molar-refractivity contribution in [3.05, 3.63) is 59.5 Å². The first kappa shape index (κ1) is 24.4. The molecule has 0 saturated carbocycles. The van der Waals surface area contributed by atoms with Crippen molar-refractivity contribution in [3.8, 4) is 0 Å². The van der Waals surface area contributed by atoms with Crippen molar-refractivity contribution in [2.75, 3.05) is 17.7 Å². The Morgan fingerprint density at radius 2 is 1.65 bits per heavy atom. The van der Waals surface area contributed by atoms with Crippen LogP contribution in [0.5, 0.6) is 0 Å². The van der Waals surface area contributed by atoms with Gasteiger partial charge in [-0.15, -0.1) is 0 Å². The molecule has 0 spiro atoms. The van der Waals surface area contributed by atoms with Crippen LogP contribution in [0.3, 0.4) is 0 Å². The number of hydrogen-bond donors (Lipinski definition) is 0. The molecule has 0 bridgehead atoms. The lowest BCUT2D eigenvalue weighted by Crippen LogP contribution is -2.15. The zero-order chi connectivity index (χ0) is 23.6. The highest BCUT2D eigenvalue weighted by atomic mass is 32.2. The molecule has 0 aliphatic carbocycles. The van der Waals surface area contributed by atoms with E-state index >= 15 is 0 Å². The number of aromatic nitrogens is 1. The molecule has 12 heteroatoms. The fourth-order valence-corrected chi connectivity index (χ4v) is 3.57. The van der Waals surface area contributed by atoms with E-state index < -0.39 is 44.0 Å². The van der Waals surface area contributed by atoms with Gasteiger partial charge in [0, 0.05) is 25.1 Å². The molecule has 0 radical (unpaired) electrons. The van der Waals surface area contributed by atoms with Crippen molar-refractivity contribution in [1.82, 2.24) is 4.98 Å². The summed E-state index contributed by atoms with van der Waals surface area (Å²) in [6.07, 6.45) is -7.65. The fraction of sp³-hybridized carbons (Fsp3) is 0.263. The van der Waals surface area contributed by atoms with Gasteiger partial charge in [-0.3, -0.25) is 9.98 Å². The molecular weight excluding hydrogens is 448 g/mol. The lowest BCUT2D eigenvalue weighted by atomic mass is 10.2. The van der Waals surface area contributed by atoms with Gasteiger partial charge in [0.15, 0.2) is 9.84 Å². The van der Waals surface area contributed by atoms with E-state index in [-0.39, 0.29) is 17.1 Å². The third-order valence-electron chi connectivity index (χ3n) is 4.23. The van der Waals surface area contributed by atoms with Crippen molar-refractivity contribution in [1.29, 1.82) is 0 Å². The Morgan fingerprint density at radius 3 is 2.10 bits per heavy atom. The lowest BCUT2D eigenvalue weighted by molar-refractivity contribution is -0.138. The van der Waals surface area contributed by atoms with Crippen LogP contribution in [0.15, 0.2) is 52.6 Å². The smallest absolute Gasteiger partial charge is 0.349 e. The predicted molar refractivity (Wildman–Crippen MR) is 104 cm³/mol. The van der Waals surface area contributed by atoms with Crippen LogP contribution < -0.4 is 4.90 Å². The van der Waals surface area contributed by atoms with Gasteiger partial charge >= 0.3 is 12.4 Å². The average Bonchev–Trinajstić information content (AvgIpc) is 2.70. The number of pyridine rings is 1. The van der Waals surface area contributed by atoms with E-state index in [0.717, 1.165) is 12.1 Å². The molecule has 0 atom stereocenters. The van der Waals surface area contributed by atoms with E-state index in [9.17, 15) is 34.8 Å². The van der Waals surface area contributed by atoms with Gasteiger partial charge in [-0.2, -0.15) is 26.3 Å². The molecule has 0 unspecified atom stereocenters. The number of alkyl halides is 6. The summed E-state index contributed by atoms with van der Waals surface area (Å²) in [6.45, 7) is 4.56. The molecular formula is C19H17F6N3O2S. The van der Waals surface area contributed by atoms with Gasteiger partial charge in [0.2, 0.25) is 0 Å². The van der Waals surface area contributed by atoms with Gasteiger partial charge in [-0.25, -0.2) is 8.42 Å². The Kier molecular flexibility index (Phi) is 6.84. The van der Waals surface area contributed by atoms with Gasteiger partial charge in [-0.1, -0.05) is 6.92 Å². The summed E-state index contributed by atoms with van der Waals surface area (Å²) in [5, 5.41) is 0.